The summed E-state index contributed by atoms with van der Waals surface area (Å²) in [5, 5.41) is 14.8. The lowest BCUT2D eigenvalue weighted by molar-refractivity contribution is -0.159. The van der Waals surface area contributed by atoms with Gasteiger partial charge in [-0.3, -0.25) is 0 Å². The van der Waals surface area contributed by atoms with Crippen LogP contribution >= 0.6 is 0 Å². The number of likely N-dealkylation sites (tertiary alicyclic amines) is 1. The fourth-order valence-corrected chi connectivity index (χ4v) is 3.21. The molecule has 1 aliphatic rings. The number of ether oxygens (including phenoxy) is 1. The topological polar surface area (TPSA) is 87.1 Å². The van der Waals surface area contributed by atoms with E-state index in [-0.39, 0.29) is 0 Å². The molecule has 29 heavy (non-hydrogen) atoms. The van der Waals surface area contributed by atoms with Crippen LogP contribution in [0, 0.1) is 0 Å². The minimum absolute atomic E-state index is 0.818. The number of nitrogens with zero attached hydrogens (tertiary/aromatic N) is 1. The molecule has 0 amide bonds. The number of rotatable bonds is 8. The molecule has 1 aliphatic heterocycles. The van der Waals surface area contributed by atoms with E-state index >= 15 is 0 Å². The van der Waals surface area contributed by atoms with Gasteiger partial charge in [0.2, 0.25) is 0 Å². The summed E-state index contributed by atoms with van der Waals surface area (Å²) in [5.41, 5.74) is 2.46. The van der Waals surface area contributed by atoms with E-state index in [1.165, 1.54) is 56.4 Å². The summed E-state index contributed by atoms with van der Waals surface area (Å²) in [6.45, 7) is 4.70. The number of carbonyl (C=O) groups is 2. The molecule has 0 unspecified atom stereocenters. The van der Waals surface area contributed by atoms with Crippen LogP contribution in [0.1, 0.15) is 32.1 Å². The molecular formula is C23H29NO5. The number of hydrogen-bond donors (Lipinski definition) is 2. The molecule has 2 aromatic carbocycles. The maximum absolute atomic E-state index is 9.10. The minimum atomic E-state index is -1.82. The van der Waals surface area contributed by atoms with Crippen molar-refractivity contribution >= 4 is 11.9 Å². The van der Waals surface area contributed by atoms with Crippen LogP contribution in [0.4, 0.5) is 0 Å². The molecule has 6 nitrogen and oxygen atoms in total. The Kier molecular flexibility index (Phi) is 9.72. The number of carboxylic acid groups (broad SMARTS) is 2. The van der Waals surface area contributed by atoms with Crippen LogP contribution in [-0.4, -0.2) is 53.3 Å². The fourth-order valence-electron chi connectivity index (χ4n) is 3.21. The molecule has 0 aromatic heterocycles. The first-order chi connectivity index (χ1) is 14.1. The van der Waals surface area contributed by atoms with Gasteiger partial charge in [0.05, 0.1) is 6.61 Å². The SMILES string of the molecule is O=C(O)C(=O)O.c1ccc(-c2cccc(OCCCCCN3CCCC3)c2)cc1. The molecular weight excluding hydrogens is 370 g/mol. The number of aliphatic carboxylic acids is 2. The second-order valence-electron chi connectivity index (χ2n) is 6.96. The van der Waals surface area contributed by atoms with Crippen molar-refractivity contribution < 1.29 is 24.5 Å². The van der Waals surface area contributed by atoms with Crippen molar-refractivity contribution in [3.05, 3.63) is 54.6 Å². The summed E-state index contributed by atoms with van der Waals surface area (Å²) in [7, 11) is 0. The Morgan fingerprint density at radius 1 is 0.828 bits per heavy atom. The van der Waals surface area contributed by atoms with Crippen LogP contribution in [-0.2, 0) is 9.59 Å². The van der Waals surface area contributed by atoms with E-state index in [0.717, 1.165) is 18.8 Å². The van der Waals surface area contributed by atoms with Crippen LogP contribution in [0.25, 0.3) is 11.1 Å². The van der Waals surface area contributed by atoms with Crippen LogP contribution < -0.4 is 4.74 Å². The van der Waals surface area contributed by atoms with Crippen molar-refractivity contribution in [2.24, 2.45) is 0 Å². The molecule has 1 heterocycles. The van der Waals surface area contributed by atoms with Crippen LogP contribution in [0.2, 0.25) is 0 Å². The van der Waals surface area contributed by atoms with Crippen molar-refractivity contribution in [3.63, 3.8) is 0 Å². The third-order valence-corrected chi connectivity index (χ3v) is 4.71. The molecule has 0 bridgehead atoms. The minimum Gasteiger partial charge on any atom is -0.494 e. The quantitative estimate of drug-likeness (QED) is 0.512. The largest absolute Gasteiger partial charge is 0.494 e. The fraction of sp³-hybridized carbons (Fsp3) is 0.391. The van der Waals surface area contributed by atoms with Gasteiger partial charge in [0, 0.05) is 0 Å². The Hall–Kier alpha value is -2.86. The molecule has 0 aliphatic carbocycles. The highest BCUT2D eigenvalue weighted by atomic mass is 16.5. The molecule has 156 valence electrons. The van der Waals surface area contributed by atoms with Gasteiger partial charge in [-0.1, -0.05) is 42.5 Å². The molecule has 1 saturated heterocycles. The molecule has 0 atom stereocenters. The van der Waals surface area contributed by atoms with Gasteiger partial charge in [0.25, 0.3) is 0 Å². The lowest BCUT2D eigenvalue weighted by Gasteiger charge is -2.14. The Balaban J connectivity index is 0.000000438. The lowest BCUT2D eigenvalue weighted by atomic mass is 10.1. The molecule has 1 fully saturated rings. The first-order valence-electron chi connectivity index (χ1n) is 10.0. The van der Waals surface area contributed by atoms with Crippen molar-refractivity contribution in [1.29, 1.82) is 0 Å². The first kappa shape index (κ1) is 22.4. The van der Waals surface area contributed by atoms with E-state index in [9.17, 15) is 0 Å². The zero-order valence-corrected chi connectivity index (χ0v) is 16.6. The Morgan fingerprint density at radius 3 is 2.14 bits per heavy atom. The number of carboxylic acids is 2. The number of benzene rings is 2. The predicted octanol–water partition coefficient (Wildman–Crippen LogP) is 4.15. The first-order valence-corrected chi connectivity index (χ1v) is 10.0. The van der Waals surface area contributed by atoms with Crippen LogP contribution in [0.3, 0.4) is 0 Å². The molecule has 6 heteroatoms. The second-order valence-corrected chi connectivity index (χ2v) is 6.96. The summed E-state index contributed by atoms with van der Waals surface area (Å²) < 4.78 is 5.93. The third kappa shape index (κ3) is 8.79. The van der Waals surface area contributed by atoms with Gasteiger partial charge in [-0.15, -0.1) is 0 Å². The molecule has 0 radical (unpaired) electrons. The Morgan fingerprint density at radius 2 is 1.48 bits per heavy atom. The van der Waals surface area contributed by atoms with E-state index in [1.54, 1.807) is 0 Å². The van der Waals surface area contributed by atoms with Crippen molar-refractivity contribution in [2.45, 2.75) is 32.1 Å². The van der Waals surface area contributed by atoms with Crippen molar-refractivity contribution in [1.82, 2.24) is 4.90 Å². The maximum atomic E-state index is 9.10. The molecule has 2 N–H and O–H groups in total. The predicted molar refractivity (Wildman–Crippen MR) is 112 cm³/mol. The van der Waals surface area contributed by atoms with Gasteiger partial charge in [-0.05, 0) is 75.0 Å². The number of unbranched alkanes of at least 4 members (excludes halogenated alkanes) is 2. The smallest absolute Gasteiger partial charge is 0.414 e. The van der Waals surface area contributed by atoms with E-state index in [1.807, 2.05) is 6.07 Å². The van der Waals surface area contributed by atoms with Gasteiger partial charge in [-0.25, -0.2) is 9.59 Å². The van der Waals surface area contributed by atoms with Crippen LogP contribution in [0.15, 0.2) is 54.6 Å². The number of hydrogen-bond acceptors (Lipinski definition) is 4. The summed E-state index contributed by atoms with van der Waals surface area (Å²) in [4.78, 5) is 20.8. The highest BCUT2D eigenvalue weighted by Gasteiger charge is 2.10. The van der Waals surface area contributed by atoms with Crippen molar-refractivity contribution in [2.75, 3.05) is 26.2 Å². The van der Waals surface area contributed by atoms with E-state index in [0.29, 0.717) is 0 Å². The molecule has 2 aromatic rings. The summed E-state index contributed by atoms with van der Waals surface area (Å²) in [5.74, 6) is -2.67. The third-order valence-electron chi connectivity index (χ3n) is 4.71. The second kappa shape index (κ2) is 12.6. The Labute approximate surface area is 171 Å². The molecule has 0 spiro atoms. The zero-order chi connectivity index (χ0) is 20.9. The lowest BCUT2D eigenvalue weighted by Crippen LogP contribution is -2.20. The highest BCUT2D eigenvalue weighted by Crippen LogP contribution is 2.23. The zero-order valence-electron chi connectivity index (χ0n) is 16.6. The highest BCUT2D eigenvalue weighted by molar-refractivity contribution is 6.27. The standard InChI is InChI=1S/C21H27NO.C2H2O4/c1-3-10-19(11-4-1)20-12-9-13-21(18-20)23-17-8-2-5-14-22-15-6-7-16-22;3-1(4)2(5)6/h1,3-4,9-13,18H,2,5-8,14-17H2;(H,3,4)(H,5,6). The molecule has 3 rings (SSSR count). The van der Waals surface area contributed by atoms with E-state index in [4.69, 9.17) is 24.5 Å². The summed E-state index contributed by atoms with van der Waals surface area (Å²) >= 11 is 0. The van der Waals surface area contributed by atoms with Gasteiger partial charge < -0.3 is 19.8 Å². The van der Waals surface area contributed by atoms with E-state index in [2.05, 4.69) is 53.4 Å². The van der Waals surface area contributed by atoms with Gasteiger partial charge in [-0.2, -0.15) is 0 Å². The van der Waals surface area contributed by atoms with Crippen LogP contribution in [0.5, 0.6) is 5.75 Å². The van der Waals surface area contributed by atoms with Gasteiger partial charge >= 0.3 is 11.9 Å². The average Bonchev–Trinajstić information content (AvgIpc) is 3.25. The van der Waals surface area contributed by atoms with Gasteiger partial charge in [0.15, 0.2) is 0 Å². The molecule has 0 saturated carbocycles. The van der Waals surface area contributed by atoms with Crippen molar-refractivity contribution in [3.8, 4) is 16.9 Å². The van der Waals surface area contributed by atoms with E-state index < -0.39 is 11.9 Å². The summed E-state index contributed by atoms with van der Waals surface area (Å²) in [6, 6.07) is 18.9. The normalized spacial score (nSPS) is 13.4. The Bertz CT molecular complexity index is 745. The van der Waals surface area contributed by atoms with Gasteiger partial charge in [0.1, 0.15) is 5.75 Å². The average molecular weight is 399 g/mol. The monoisotopic (exact) mass is 399 g/mol. The maximum Gasteiger partial charge on any atom is 0.414 e. The summed E-state index contributed by atoms with van der Waals surface area (Å²) in [6.07, 6.45) is 6.48.